The molecule has 0 atom stereocenters. The van der Waals surface area contributed by atoms with Gasteiger partial charge in [-0.3, -0.25) is 0 Å². The van der Waals surface area contributed by atoms with Crippen LogP contribution in [0.1, 0.15) is 5.56 Å². The number of aliphatic hydroxyl groups excluding tert-OH is 1. The SMILES string of the molecule is OCc1ccc(Sc2ncccc2Cl)cc1Br. The van der Waals surface area contributed by atoms with Crippen molar-refractivity contribution >= 4 is 39.3 Å². The smallest absolute Gasteiger partial charge is 0.119 e. The van der Waals surface area contributed by atoms with E-state index in [2.05, 4.69) is 20.9 Å². The van der Waals surface area contributed by atoms with Crippen LogP contribution in [-0.2, 0) is 6.61 Å². The fourth-order valence-electron chi connectivity index (χ4n) is 1.28. The molecule has 0 saturated carbocycles. The molecule has 0 spiro atoms. The maximum Gasteiger partial charge on any atom is 0.119 e. The monoisotopic (exact) mass is 329 g/mol. The average Bonchev–Trinajstić information content (AvgIpc) is 2.32. The van der Waals surface area contributed by atoms with Crippen molar-refractivity contribution in [2.75, 3.05) is 0 Å². The maximum atomic E-state index is 9.07. The molecule has 2 nitrogen and oxygen atoms in total. The van der Waals surface area contributed by atoms with Crippen molar-refractivity contribution in [3.63, 3.8) is 0 Å². The Bertz CT molecular complexity index is 536. The zero-order valence-corrected chi connectivity index (χ0v) is 11.9. The second-order valence-electron chi connectivity index (χ2n) is 3.30. The van der Waals surface area contributed by atoms with E-state index in [1.54, 1.807) is 12.3 Å². The molecule has 0 radical (unpaired) electrons. The van der Waals surface area contributed by atoms with Crippen LogP contribution in [0.25, 0.3) is 0 Å². The number of aliphatic hydroxyl groups is 1. The molecule has 1 heterocycles. The first-order valence-electron chi connectivity index (χ1n) is 4.88. The van der Waals surface area contributed by atoms with Crippen LogP contribution in [0.4, 0.5) is 0 Å². The third-order valence-corrected chi connectivity index (χ3v) is 4.30. The highest BCUT2D eigenvalue weighted by Crippen LogP contribution is 2.33. The van der Waals surface area contributed by atoms with E-state index < -0.39 is 0 Å². The normalized spacial score (nSPS) is 10.5. The van der Waals surface area contributed by atoms with Gasteiger partial charge in [0.15, 0.2) is 0 Å². The van der Waals surface area contributed by atoms with Crippen LogP contribution in [0.3, 0.4) is 0 Å². The van der Waals surface area contributed by atoms with Gasteiger partial charge in [0.25, 0.3) is 0 Å². The average molecular weight is 331 g/mol. The van der Waals surface area contributed by atoms with Gasteiger partial charge in [0.1, 0.15) is 5.03 Å². The van der Waals surface area contributed by atoms with Crippen molar-refractivity contribution in [3.05, 3.63) is 51.6 Å². The van der Waals surface area contributed by atoms with E-state index in [1.807, 2.05) is 24.3 Å². The number of pyridine rings is 1. The Morgan fingerprint density at radius 1 is 1.35 bits per heavy atom. The molecule has 0 saturated heterocycles. The Morgan fingerprint density at radius 3 is 2.82 bits per heavy atom. The van der Waals surface area contributed by atoms with Crippen LogP contribution < -0.4 is 0 Å². The summed E-state index contributed by atoms with van der Waals surface area (Å²) in [5.74, 6) is 0. The largest absolute Gasteiger partial charge is 0.392 e. The highest BCUT2D eigenvalue weighted by molar-refractivity contribution is 9.10. The van der Waals surface area contributed by atoms with E-state index in [-0.39, 0.29) is 6.61 Å². The number of hydrogen-bond acceptors (Lipinski definition) is 3. The Morgan fingerprint density at radius 2 is 2.18 bits per heavy atom. The zero-order valence-electron chi connectivity index (χ0n) is 8.73. The zero-order chi connectivity index (χ0) is 12.3. The summed E-state index contributed by atoms with van der Waals surface area (Å²) >= 11 is 10.9. The lowest BCUT2D eigenvalue weighted by atomic mass is 10.2. The van der Waals surface area contributed by atoms with Gasteiger partial charge in [-0.05, 0) is 29.8 Å². The molecule has 2 rings (SSSR count). The first-order valence-corrected chi connectivity index (χ1v) is 6.87. The molecule has 0 amide bonds. The summed E-state index contributed by atoms with van der Waals surface area (Å²) in [6.45, 7) is 0.0237. The summed E-state index contributed by atoms with van der Waals surface area (Å²) < 4.78 is 0.886. The van der Waals surface area contributed by atoms with Crippen LogP contribution in [0, 0.1) is 0 Å². The number of rotatable bonds is 3. The molecular formula is C12H9BrClNOS. The molecule has 17 heavy (non-hydrogen) atoms. The van der Waals surface area contributed by atoms with Crippen LogP contribution in [-0.4, -0.2) is 10.1 Å². The van der Waals surface area contributed by atoms with Gasteiger partial charge < -0.3 is 5.11 Å². The Labute approximate surface area is 117 Å². The minimum atomic E-state index is 0.0237. The Balaban J connectivity index is 2.25. The predicted molar refractivity (Wildman–Crippen MR) is 73.4 cm³/mol. The second-order valence-corrected chi connectivity index (χ2v) is 5.63. The van der Waals surface area contributed by atoms with E-state index >= 15 is 0 Å². The number of halogens is 2. The Kier molecular flexibility index (Phi) is 4.45. The van der Waals surface area contributed by atoms with E-state index in [0.29, 0.717) is 5.02 Å². The molecule has 1 N–H and O–H groups in total. The minimum Gasteiger partial charge on any atom is -0.392 e. The molecule has 2 aromatic rings. The summed E-state index contributed by atoms with van der Waals surface area (Å²) in [5, 5.41) is 10.5. The summed E-state index contributed by atoms with van der Waals surface area (Å²) in [6, 6.07) is 9.38. The molecule has 1 aromatic heterocycles. The van der Waals surface area contributed by atoms with E-state index in [4.69, 9.17) is 16.7 Å². The fraction of sp³-hybridized carbons (Fsp3) is 0.0833. The summed E-state index contributed by atoms with van der Waals surface area (Å²) in [7, 11) is 0. The fourth-order valence-corrected chi connectivity index (χ4v) is 2.99. The topological polar surface area (TPSA) is 33.1 Å². The molecule has 0 aliphatic heterocycles. The van der Waals surface area contributed by atoms with E-state index in [0.717, 1.165) is 20.0 Å². The molecule has 5 heteroatoms. The molecule has 0 bridgehead atoms. The highest BCUT2D eigenvalue weighted by atomic mass is 79.9. The quantitative estimate of drug-likeness (QED) is 0.918. The van der Waals surface area contributed by atoms with Crippen LogP contribution >= 0.6 is 39.3 Å². The van der Waals surface area contributed by atoms with Crippen molar-refractivity contribution in [2.45, 2.75) is 16.5 Å². The molecule has 0 aliphatic carbocycles. The van der Waals surface area contributed by atoms with Crippen molar-refractivity contribution in [1.82, 2.24) is 4.98 Å². The van der Waals surface area contributed by atoms with Crippen molar-refractivity contribution in [2.24, 2.45) is 0 Å². The number of nitrogens with zero attached hydrogens (tertiary/aromatic N) is 1. The maximum absolute atomic E-state index is 9.07. The molecule has 0 fully saturated rings. The third kappa shape index (κ3) is 3.22. The first kappa shape index (κ1) is 12.9. The molecular weight excluding hydrogens is 322 g/mol. The van der Waals surface area contributed by atoms with Crippen molar-refractivity contribution in [3.8, 4) is 0 Å². The number of hydrogen-bond donors (Lipinski definition) is 1. The van der Waals surface area contributed by atoms with Gasteiger partial charge in [0, 0.05) is 15.6 Å². The van der Waals surface area contributed by atoms with Gasteiger partial charge in [-0.1, -0.05) is 45.4 Å². The number of aromatic nitrogens is 1. The third-order valence-electron chi connectivity index (χ3n) is 2.13. The van der Waals surface area contributed by atoms with E-state index in [1.165, 1.54) is 11.8 Å². The van der Waals surface area contributed by atoms with Crippen LogP contribution in [0.5, 0.6) is 0 Å². The van der Waals surface area contributed by atoms with Gasteiger partial charge in [-0.2, -0.15) is 0 Å². The minimum absolute atomic E-state index is 0.0237. The van der Waals surface area contributed by atoms with Crippen molar-refractivity contribution < 1.29 is 5.11 Å². The summed E-state index contributed by atoms with van der Waals surface area (Å²) in [5.41, 5.74) is 0.862. The predicted octanol–water partition coefficient (Wildman–Crippen LogP) is 4.14. The van der Waals surface area contributed by atoms with Crippen LogP contribution in [0.2, 0.25) is 5.02 Å². The molecule has 0 aliphatic rings. The Hall–Kier alpha value is -0.550. The standard InChI is InChI=1S/C12H9BrClNOS/c13-10-6-9(4-3-8(10)7-16)17-12-11(14)2-1-5-15-12/h1-6,16H,7H2. The van der Waals surface area contributed by atoms with Crippen molar-refractivity contribution in [1.29, 1.82) is 0 Å². The first-order chi connectivity index (χ1) is 8.20. The highest BCUT2D eigenvalue weighted by Gasteiger charge is 2.05. The van der Waals surface area contributed by atoms with Gasteiger partial charge in [-0.15, -0.1) is 0 Å². The number of benzene rings is 1. The molecule has 1 aromatic carbocycles. The summed E-state index contributed by atoms with van der Waals surface area (Å²) in [6.07, 6.45) is 1.71. The lowest BCUT2D eigenvalue weighted by Gasteiger charge is -2.05. The van der Waals surface area contributed by atoms with Gasteiger partial charge in [-0.25, -0.2) is 4.98 Å². The molecule has 88 valence electrons. The van der Waals surface area contributed by atoms with Gasteiger partial charge in [0.05, 0.1) is 11.6 Å². The summed E-state index contributed by atoms with van der Waals surface area (Å²) in [4.78, 5) is 5.23. The van der Waals surface area contributed by atoms with Crippen LogP contribution in [0.15, 0.2) is 50.9 Å². The van der Waals surface area contributed by atoms with Gasteiger partial charge in [0.2, 0.25) is 0 Å². The molecule has 0 unspecified atom stereocenters. The lowest BCUT2D eigenvalue weighted by Crippen LogP contribution is -1.86. The lowest BCUT2D eigenvalue weighted by molar-refractivity contribution is 0.281. The second kappa shape index (κ2) is 5.87. The van der Waals surface area contributed by atoms with E-state index in [9.17, 15) is 0 Å². The van der Waals surface area contributed by atoms with Gasteiger partial charge >= 0.3 is 0 Å².